The van der Waals surface area contributed by atoms with E-state index >= 15 is 0 Å². The highest BCUT2D eigenvalue weighted by Crippen LogP contribution is 2.43. The van der Waals surface area contributed by atoms with Crippen LogP contribution < -0.4 is 5.73 Å². The highest BCUT2D eigenvalue weighted by Gasteiger charge is 2.25. The largest absolute Gasteiger partial charge is 0.472 e. The van der Waals surface area contributed by atoms with Crippen LogP contribution in [0.15, 0.2) is 72.9 Å². The van der Waals surface area contributed by atoms with Gasteiger partial charge in [0.2, 0.25) is 0 Å². The Kier molecular flexibility index (Phi) is 35.4. The average Bonchev–Trinajstić information content (AvgIpc) is 3.11. The molecule has 3 N–H and O–H groups in total. The summed E-state index contributed by atoms with van der Waals surface area (Å²) in [4.78, 5) is 34.7. The van der Waals surface area contributed by atoms with Crippen molar-refractivity contribution in [1.82, 2.24) is 0 Å². The molecule has 2 unspecified atom stereocenters. The Labute approximate surface area is 310 Å². The van der Waals surface area contributed by atoms with Crippen LogP contribution in [0.2, 0.25) is 0 Å². The maximum atomic E-state index is 12.5. The fraction of sp³-hybridized carbons (Fsp3) is 0.659. The number of esters is 2. The summed E-state index contributed by atoms with van der Waals surface area (Å²) in [5.74, 6) is -0.928. The van der Waals surface area contributed by atoms with Crippen LogP contribution in [0.5, 0.6) is 0 Å². The highest BCUT2D eigenvalue weighted by molar-refractivity contribution is 7.47. The second-order valence-corrected chi connectivity index (χ2v) is 14.0. The van der Waals surface area contributed by atoms with Crippen LogP contribution in [0, 0.1) is 0 Å². The van der Waals surface area contributed by atoms with Gasteiger partial charge >= 0.3 is 19.8 Å². The molecule has 0 rings (SSSR count). The average molecular weight is 736 g/mol. The number of nitrogens with two attached hydrogens (primary N) is 1. The van der Waals surface area contributed by atoms with E-state index in [1.165, 1.54) is 64.2 Å². The molecule has 0 aromatic heterocycles. The second kappa shape index (κ2) is 37.2. The maximum absolute atomic E-state index is 12.5. The molecule has 51 heavy (non-hydrogen) atoms. The number of allylic oxidation sites excluding steroid dienone is 12. The summed E-state index contributed by atoms with van der Waals surface area (Å²) < 4.78 is 32.6. The van der Waals surface area contributed by atoms with Crippen molar-refractivity contribution in [2.45, 2.75) is 148 Å². The monoisotopic (exact) mass is 735 g/mol. The van der Waals surface area contributed by atoms with Crippen molar-refractivity contribution in [3.8, 4) is 0 Å². The molecule has 0 bridgehead atoms. The quantitative estimate of drug-likeness (QED) is 0.0214. The summed E-state index contributed by atoms with van der Waals surface area (Å²) >= 11 is 0. The molecule has 0 saturated carbocycles. The molecule has 0 radical (unpaired) electrons. The molecule has 0 aromatic carbocycles. The molecule has 2 atom stereocenters. The number of rotatable bonds is 35. The Hall–Kier alpha value is -2.55. The Morgan fingerprint density at radius 2 is 1.12 bits per heavy atom. The summed E-state index contributed by atoms with van der Waals surface area (Å²) in [5.41, 5.74) is 5.32. The van der Waals surface area contributed by atoms with Gasteiger partial charge in [-0.05, 0) is 51.4 Å². The molecule has 0 fully saturated rings. The van der Waals surface area contributed by atoms with Crippen molar-refractivity contribution in [3.05, 3.63) is 72.9 Å². The van der Waals surface area contributed by atoms with Crippen molar-refractivity contribution in [2.24, 2.45) is 5.73 Å². The van der Waals surface area contributed by atoms with E-state index in [0.29, 0.717) is 19.3 Å². The summed E-state index contributed by atoms with van der Waals surface area (Å²) in [6, 6.07) is 0. The molecule has 9 nitrogen and oxygen atoms in total. The van der Waals surface area contributed by atoms with E-state index in [1.807, 2.05) is 54.7 Å². The summed E-state index contributed by atoms with van der Waals surface area (Å²) in [6.45, 7) is 3.46. The Morgan fingerprint density at radius 1 is 0.608 bits per heavy atom. The number of phosphoric ester groups is 1. The molecule has 0 amide bonds. The third-order valence-electron chi connectivity index (χ3n) is 7.70. The number of hydrogen-bond donors (Lipinski definition) is 2. The first-order valence-corrected chi connectivity index (χ1v) is 21.0. The molecule has 0 aliphatic rings. The zero-order chi connectivity index (χ0) is 37.5. The first-order valence-electron chi connectivity index (χ1n) is 19.5. The van der Waals surface area contributed by atoms with Crippen LogP contribution in [-0.4, -0.2) is 49.3 Å². The van der Waals surface area contributed by atoms with Gasteiger partial charge in [-0.3, -0.25) is 18.6 Å². The van der Waals surface area contributed by atoms with E-state index < -0.39 is 32.5 Å². The predicted molar refractivity (Wildman–Crippen MR) is 210 cm³/mol. The number of hydrogen-bond acceptors (Lipinski definition) is 8. The Balaban J connectivity index is 4.31. The van der Waals surface area contributed by atoms with Crippen LogP contribution in [0.4, 0.5) is 0 Å². The standard InChI is InChI=1S/C41H70NO8P/c1-3-5-7-9-11-13-15-17-18-19-20-22-23-25-27-29-31-33-40(43)47-37-39(38-49-51(45,46)48-36-35-42)50-41(44)34-32-30-28-26-24-21-16-14-12-10-8-6-4-2/h6,8,10,12,14,16-18,21,24,26,28,39H,3-5,7,9,11,13,15,19-20,22-23,25,27,29-38,42H2,1-2H3,(H,45,46)/b8-6+,12-10+,16-14+,18-17+,24-21+,28-26+. The van der Waals surface area contributed by atoms with Crippen LogP contribution >= 0.6 is 7.82 Å². The lowest BCUT2D eigenvalue weighted by atomic mass is 10.1. The smallest absolute Gasteiger partial charge is 0.462 e. The Morgan fingerprint density at radius 3 is 1.71 bits per heavy atom. The second-order valence-electron chi connectivity index (χ2n) is 12.5. The van der Waals surface area contributed by atoms with Gasteiger partial charge in [-0.15, -0.1) is 0 Å². The number of unbranched alkanes of at least 4 members (excludes halogenated alkanes) is 14. The lowest BCUT2D eigenvalue weighted by molar-refractivity contribution is -0.161. The lowest BCUT2D eigenvalue weighted by Gasteiger charge is -2.19. The van der Waals surface area contributed by atoms with Crippen molar-refractivity contribution in [2.75, 3.05) is 26.4 Å². The van der Waals surface area contributed by atoms with Crippen molar-refractivity contribution in [1.29, 1.82) is 0 Å². The fourth-order valence-electron chi connectivity index (χ4n) is 4.83. The van der Waals surface area contributed by atoms with Crippen molar-refractivity contribution >= 4 is 19.8 Å². The predicted octanol–water partition coefficient (Wildman–Crippen LogP) is 10.7. The maximum Gasteiger partial charge on any atom is 0.472 e. The summed E-state index contributed by atoms with van der Waals surface area (Å²) in [6.07, 6.45) is 43.8. The van der Waals surface area contributed by atoms with Gasteiger partial charge in [0, 0.05) is 19.4 Å². The van der Waals surface area contributed by atoms with Gasteiger partial charge < -0.3 is 20.1 Å². The minimum atomic E-state index is -4.40. The summed E-state index contributed by atoms with van der Waals surface area (Å²) in [7, 11) is -4.40. The molecule has 0 saturated heterocycles. The van der Waals surface area contributed by atoms with Crippen molar-refractivity contribution in [3.63, 3.8) is 0 Å². The van der Waals surface area contributed by atoms with Crippen molar-refractivity contribution < 1.29 is 37.6 Å². The van der Waals surface area contributed by atoms with E-state index in [2.05, 4.69) is 32.1 Å². The van der Waals surface area contributed by atoms with Gasteiger partial charge in [-0.25, -0.2) is 4.57 Å². The molecule has 292 valence electrons. The van der Waals surface area contributed by atoms with Gasteiger partial charge in [-0.1, -0.05) is 151 Å². The molecule has 0 aliphatic heterocycles. The number of carbonyl (C=O) groups is 2. The number of carbonyl (C=O) groups excluding carboxylic acids is 2. The molecule has 0 aliphatic carbocycles. The third-order valence-corrected chi connectivity index (χ3v) is 8.69. The third kappa shape index (κ3) is 37.0. The zero-order valence-electron chi connectivity index (χ0n) is 31.8. The molecular weight excluding hydrogens is 665 g/mol. The SMILES string of the molecule is CC/C=C/C=C/C=C/C=C/C=C/CCCC(=O)OC(COC(=O)CCCCCCCCC/C=C/CCCCCCCC)COP(=O)(O)OCCN. The molecule has 0 heterocycles. The molecular formula is C41H70NO8P. The van der Waals surface area contributed by atoms with Gasteiger partial charge in [0.1, 0.15) is 6.61 Å². The Bertz CT molecular complexity index is 1070. The van der Waals surface area contributed by atoms with E-state index in [9.17, 15) is 19.0 Å². The highest BCUT2D eigenvalue weighted by atomic mass is 31.2. The zero-order valence-corrected chi connectivity index (χ0v) is 32.7. The minimum absolute atomic E-state index is 0.0379. The van der Waals surface area contributed by atoms with Crippen LogP contribution in [0.1, 0.15) is 142 Å². The lowest BCUT2D eigenvalue weighted by Crippen LogP contribution is -2.29. The van der Waals surface area contributed by atoms with E-state index in [-0.39, 0.29) is 32.6 Å². The van der Waals surface area contributed by atoms with E-state index in [0.717, 1.165) is 32.1 Å². The minimum Gasteiger partial charge on any atom is -0.462 e. The number of ether oxygens (including phenoxy) is 2. The molecule has 10 heteroatoms. The topological polar surface area (TPSA) is 134 Å². The van der Waals surface area contributed by atoms with Crippen LogP contribution in [-0.2, 0) is 32.7 Å². The summed E-state index contributed by atoms with van der Waals surface area (Å²) in [5, 5.41) is 0. The number of phosphoric acid groups is 1. The normalized spacial score (nSPS) is 14.2. The van der Waals surface area contributed by atoms with E-state index in [1.54, 1.807) is 0 Å². The molecule has 0 spiro atoms. The van der Waals surface area contributed by atoms with Gasteiger partial charge in [0.05, 0.1) is 13.2 Å². The first kappa shape index (κ1) is 48.5. The molecule has 0 aromatic rings. The van der Waals surface area contributed by atoms with E-state index in [4.69, 9.17) is 24.3 Å². The first-order chi connectivity index (χ1) is 24.8. The van der Waals surface area contributed by atoms with Crippen LogP contribution in [0.3, 0.4) is 0 Å². The van der Waals surface area contributed by atoms with Crippen LogP contribution in [0.25, 0.3) is 0 Å². The van der Waals surface area contributed by atoms with Gasteiger partial charge in [0.15, 0.2) is 6.10 Å². The van der Waals surface area contributed by atoms with Gasteiger partial charge in [0.25, 0.3) is 0 Å². The van der Waals surface area contributed by atoms with Gasteiger partial charge in [-0.2, -0.15) is 0 Å². The fourth-order valence-corrected chi connectivity index (χ4v) is 5.60.